The van der Waals surface area contributed by atoms with Crippen LogP contribution in [0.2, 0.25) is 0 Å². The van der Waals surface area contributed by atoms with Crippen LogP contribution in [-0.2, 0) is 21.3 Å². The number of carbonyl (C=O) groups excluding carboxylic acids is 1. The molecule has 0 aliphatic carbocycles. The molecule has 2 heterocycles. The topological polar surface area (TPSA) is 89.4 Å². The fourth-order valence-electron chi connectivity index (χ4n) is 2.62. The highest BCUT2D eigenvalue weighted by Gasteiger charge is 2.23. The zero-order valence-electron chi connectivity index (χ0n) is 13.7. The number of carbonyl (C=O) groups is 1. The predicted molar refractivity (Wildman–Crippen MR) is 92.8 cm³/mol. The zero-order valence-corrected chi connectivity index (χ0v) is 14.5. The van der Waals surface area contributed by atoms with Gasteiger partial charge in [0.1, 0.15) is 0 Å². The number of nitrogens with one attached hydrogen (secondary N) is 2. The van der Waals surface area contributed by atoms with Gasteiger partial charge in [-0.2, -0.15) is 0 Å². The van der Waals surface area contributed by atoms with Crippen LogP contribution < -0.4 is 10.0 Å². The molecule has 1 saturated heterocycles. The van der Waals surface area contributed by atoms with Gasteiger partial charge in [0, 0.05) is 43.7 Å². The fraction of sp³-hybridized carbons (Fsp3) is 0.353. The van der Waals surface area contributed by atoms with E-state index in [-0.39, 0.29) is 16.8 Å². The molecule has 0 saturated carbocycles. The molecule has 25 heavy (non-hydrogen) atoms. The van der Waals surface area contributed by atoms with Crippen LogP contribution in [-0.4, -0.2) is 44.7 Å². The number of ether oxygens (including phenoxy) is 1. The van der Waals surface area contributed by atoms with Gasteiger partial charge in [-0.25, -0.2) is 13.1 Å². The van der Waals surface area contributed by atoms with E-state index in [2.05, 4.69) is 10.0 Å². The van der Waals surface area contributed by atoms with Crippen molar-refractivity contribution in [1.29, 1.82) is 0 Å². The predicted octanol–water partition coefficient (Wildman–Crippen LogP) is 0.985. The summed E-state index contributed by atoms with van der Waals surface area (Å²) in [7, 11) is -3.60. The summed E-state index contributed by atoms with van der Waals surface area (Å²) in [5.74, 6) is -0.228. The third kappa shape index (κ3) is 4.68. The minimum atomic E-state index is -3.60. The summed E-state index contributed by atoms with van der Waals surface area (Å²) >= 11 is 0. The Labute approximate surface area is 147 Å². The van der Waals surface area contributed by atoms with Gasteiger partial charge in [-0.3, -0.25) is 4.79 Å². The molecular weight excluding hydrogens is 342 g/mol. The Morgan fingerprint density at radius 2 is 1.92 bits per heavy atom. The van der Waals surface area contributed by atoms with E-state index in [9.17, 15) is 13.2 Å². The maximum Gasteiger partial charge on any atom is 0.251 e. The van der Waals surface area contributed by atoms with E-state index in [0.717, 1.165) is 0 Å². The third-order valence-electron chi connectivity index (χ3n) is 4.00. The van der Waals surface area contributed by atoms with Gasteiger partial charge in [0.05, 0.1) is 11.5 Å². The lowest BCUT2D eigenvalue weighted by Crippen LogP contribution is -2.35. The number of aromatic nitrogens is 1. The molecule has 7 nitrogen and oxygen atoms in total. The summed E-state index contributed by atoms with van der Waals surface area (Å²) in [4.78, 5) is 12.3. The van der Waals surface area contributed by atoms with Crippen LogP contribution in [0.15, 0.2) is 53.7 Å². The highest BCUT2D eigenvalue weighted by atomic mass is 32.2. The summed E-state index contributed by atoms with van der Waals surface area (Å²) in [6.45, 7) is 2.13. The Balaban J connectivity index is 1.56. The Hall–Kier alpha value is -2.16. The number of hydrogen-bond donors (Lipinski definition) is 2. The minimum Gasteiger partial charge on any atom is -0.380 e. The molecule has 0 spiro atoms. The van der Waals surface area contributed by atoms with Crippen molar-refractivity contribution in [3.8, 4) is 0 Å². The highest BCUT2D eigenvalue weighted by molar-refractivity contribution is 7.89. The number of hydrogen-bond acceptors (Lipinski definition) is 4. The lowest BCUT2D eigenvalue weighted by molar-refractivity contribution is 0.0952. The molecule has 2 N–H and O–H groups in total. The van der Waals surface area contributed by atoms with Crippen molar-refractivity contribution in [3.63, 3.8) is 0 Å². The maximum atomic E-state index is 12.3. The van der Waals surface area contributed by atoms with Crippen LogP contribution in [0.4, 0.5) is 0 Å². The quantitative estimate of drug-likeness (QED) is 0.768. The van der Waals surface area contributed by atoms with Crippen LogP contribution in [0.25, 0.3) is 0 Å². The number of benzene rings is 1. The van der Waals surface area contributed by atoms with Crippen LogP contribution in [0.1, 0.15) is 16.8 Å². The molecular formula is C17H21N3O4S. The Bertz CT molecular complexity index is 795. The summed E-state index contributed by atoms with van der Waals surface area (Å²) in [5.41, 5.74) is 0.427. The molecule has 2 aromatic rings. The normalized spacial score (nSPS) is 17.5. The Kier molecular flexibility index (Phi) is 5.52. The fourth-order valence-corrected chi connectivity index (χ4v) is 3.88. The van der Waals surface area contributed by atoms with E-state index in [1.165, 1.54) is 24.3 Å². The molecule has 1 amide bonds. The second kappa shape index (κ2) is 7.81. The van der Waals surface area contributed by atoms with Gasteiger partial charge in [0.25, 0.3) is 5.91 Å². The monoisotopic (exact) mass is 363 g/mol. The number of rotatable bonds is 7. The number of nitrogens with zero attached hydrogens (tertiary/aromatic N) is 1. The average molecular weight is 363 g/mol. The summed E-state index contributed by atoms with van der Waals surface area (Å²) in [5, 5.41) is 2.81. The second-order valence-corrected chi connectivity index (χ2v) is 7.60. The lowest BCUT2D eigenvalue weighted by atomic mass is 10.2. The SMILES string of the molecule is O=C(NCCn1cccc1)c1ccc(S(=O)(=O)NC2CCOC2)cc1. The first kappa shape index (κ1) is 17.7. The molecule has 1 aliphatic heterocycles. The molecule has 1 unspecified atom stereocenters. The van der Waals surface area contributed by atoms with Crippen molar-refractivity contribution in [3.05, 3.63) is 54.4 Å². The standard InChI is InChI=1S/C17H21N3O4S/c21-17(18-8-11-20-9-1-2-10-20)14-3-5-16(6-4-14)25(22,23)19-15-7-12-24-13-15/h1-6,9-10,15,19H,7-8,11-13H2,(H,18,21). The molecule has 8 heteroatoms. The maximum absolute atomic E-state index is 12.3. The average Bonchev–Trinajstić information content (AvgIpc) is 3.28. The molecule has 1 fully saturated rings. The summed E-state index contributed by atoms with van der Waals surface area (Å²) < 4.78 is 34.4. The van der Waals surface area contributed by atoms with Crippen molar-refractivity contribution in [1.82, 2.24) is 14.6 Å². The van der Waals surface area contributed by atoms with Gasteiger partial charge in [0.2, 0.25) is 10.0 Å². The van der Waals surface area contributed by atoms with E-state index in [1.54, 1.807) is 0 Å². The van der Waals surface area contributed by atoms with Gasteiger partial charge < -0.3 is 14.6 Å². The first-order chi connectivity index (χ1) is 12.0. The van der Waals surface area contributed by atoms with Gasteiger partial charge in [-0.15, -0.1) is 0 Å². The number of amides is 1. The van der Waals surface area contributed by atoms with E-state index in [1.807, 2.05) is 29.1 Å². The second-order valence-electron chi connectivity index (χ2n) is 5.88. The lowest BCUT2D eigenvalue weighted by Gasteiger charge is -2.12. The number of sulfonamides is 1. The molecule has 134 valence electrons. The van der Waals surface area contributed by atoms with E-state index in [0.29, 0.717) is 38.3 Å². The van der Waals surface area contributed by atoms with E-state index >= 15 is 0 Å². The van der Waals surface area contributed by atoms with Crippen molar-refractivity contribution in [2.75, 3.05) is 19.8 Å². The van der Waals surface area contributed by atoms with Gasteiger partial charge in [-0.1, -0.05) is 0 Å². The van der Waals surface area contributed by atoms with Gasteiger partial charge >= 0.3 is 0 Å². The zero-order chi connectivity index (χ0) is 17.7. The van der Waals surface area contributed by atoms with Gasteiger partial charge in [-0.05, 0) is 42.8 Å². The van der Waals surface area contributed by atoms with Crippen molar-refractivity contribution < 1.29 is 17.9 Å². The van der Waals surface area contributed by atoms with E-state index < -0.39 is 10.0 Å². The van der Waals surface area contributed by atoms with E-state index in [4.69, 9.17) is 4.74 Å². The minimum absolute atomic E-state index is 0.142. The van der Waals surface area contributed by atoms with Crippen molar-refractivity contribution in [2.24, 2.45) is 0 Å². The third-order valence-corrected chi connectivity index (χ3v) is 5.54. The molecule has 1 aromatic carbocycles. The van der Waals surface area contributed by atoms with Gasteiger partial charge in [0.15, 0.2) is 0 Å². The molecule has 0 bridgehead atoms. The largest absolute Gasteiger partial charge is 0.380 e. The molecule has 3 rings (SSSR count). The first-order valence-electron chi connectivity index (χ1n) is 8.14. The van der Waals surface area contributed by atoms with Crippen LogP contribution >= 0.6 is 0 Å². The van der Waals surface area contributed by atoms with Crippen LogP contribution in [0, 0.1) is 0 Å². The summed E-state index contributed by atoms with van der Waals surface area (Å²) in [6.07, 6.45) is 4.52. The molecule has 1 aliphatic rings. The molecule has 1 atom stereocenters. The highest BCUT2D eigenvalue weighted by Crippen LogP contribution is 2.13. The van der Waals surface area contributed by atoms with Crippen molar-refractivity contribution >= 4 is 15.9 Å². The summed E-state index contributed by atoms with van der Waals surface area (Å²) in [6, 6.07) is 9.58. The smallest absolute Gasteiger partial charge is 0.251 e. The Morgan fingerprint density at radius 3 is 2.56 bits per heavy atom. The Morgan fingerprint density at radius 1 is 1.20 bits per heavy atom. The molecule has 1 aromatic heterocycles. The van der Waals surface area contributed by atoms with Crippen molar-refractivity contribution in [2.45, 2.75) is 23.9 Å². The van der Waals surface area contributed by atoms with Crippen LogP contribution in [0.3, 0.4) is 0 Å². The first-order valence-corrected chi connectivity index (χ1v) is 9.62. The van der Waals surface area contributed by atoms with Crippen LogP contribution in [0.5, 0.6) is 0 Å². The molecule has 0 radical (unpaired) electrons.